The van der Waals surface area contributed by atoms with Crippen molar-refractivity contribution in [3.8, 4) is 0 Å². The Labute approximate surface area is 90.6 Å². The van der Waals surface area contributed by atoms with Crippen molar-refractivity contribution in [1.29, 1.82) is 0 Å². The van der Waals surface area contributed by atoms with Crippen LogP contribution in [0.1, 0.15) is 37.3 Å². The maximum atomic E-state index is 10.5. The van der Waals surface area contributed by atoms with Crippen molar-refractivity contribution in [2.45, 2.75) is 44.3 Å². The van der Waals surface area contributed by atoms with E-state index in [0.717, 1.165) is 12.0 Å². The van der Waals surface area contributed by atoms with E-state index in [4.69, 9.17) is 0 Å². The molecule has 15 heavy (non-hydrogen) atoms. The minimum Gasteiger partial charge on any atom is -0.387 e. The summed E-state index contributed by atoms with van der Waals surface area (Å²) in [5, 5.41) is 20.7. The molecule has 0 aromatic heterocycles. The minimum atomic E-state index is -1.07. The normalized spacial score (nSPS) is 35.7. The van der Waals surface area contributed by atoms with E-state index in [1.807, 2.05) is 31.2 Å². The van der Waals surface area contributed by atoms with Gasteiger partial charge in [-0.3, -0.25) is 0 Å². The second-order valence-corrected chi connectivity index (χ2v) is 4.85. The fraction of sp³-hybridized carbons (Fsp3) is 0.538. The molecule has 1 aliphatic carbocycles. The predicted molar refractivity (Wildman–Crippen MR) is 59.6 cm³/mol. The van der Waals surface area contributed by atoms with E-state index in [1.54, 1.807) is 6.92 Å². The summed E-state index contributed by atoms with van der Waals surface area (Å²) in [4.78, 5) is 0. The smallest absolute Gasteiger partial charge is 0.118 e. The van der Waals surface area contributed by atoms with E-state index in [0.29, 0.717) is 12.8 Å². The van der Waals surface area contributed by atoms with E-state index in [9.17, 15) is 10.2 Å². The van der Waals surface area contributed by atoms with Crippen LogP contribution in [-0.4, -0.2) is 15.8 Å². The molecule has 1 aliphatic rings. The summed E-state index contributed by atoms with van der Waals surface area (Å²) in [5.74, 6) is 0. The topological polar surface area (TPSA) is 40.5 Å². The molecule has 2 unspecified atom stereocenters. The van der Waals surface area contributed by atoms with Crippen molar-refractivity contribution in [1.82, 2.24) is 0 Å². The molecule has 1 aromatic carbocycles. The number of hydrogen-bond donors (Lipinski definition) is 2. The Morgan fingerprint density at radius 2 is 1.67 bits per heavy atom. The second-order valence-electron chi connectivity index (χ2n) is 4.85. The zero-order chi connectivity index (χ0) is 11.1. The summed E-state index contributed by atoms with van der Waals surface area (Å²) in [5.41, 5.74) is -0.0706. The Kier molecular flexibility index (Phi) is 2.36. The molecule has 2 atom stereocenters. The van der Waals surface area contributed by atoms with E-state index in [2.05, 4.69) is 0 Å². The van der Waals surface area contributed by atoms with Crippen molar-refractivity contribution in [2.75, 3.05) is 0 Å². The zero-order valence-corrected chi connectivity index (χ0v) is 9.33. The van der Waals surface area contributed by atoms with Gasteiger partial charge in [-0.1, -0.05) is 29.8 Å². The highest BCUT2D eigenvalue weighted by Gasteiger charge is 2.50. The van der Waals surface area contributed by atoms with Crippen molar-refractivity contribution in [3.63, 3.8) is 0 Å². The summed E-state index contributed by atoms with van der Waals surface area (Å²) >= 11 is 0. The fourth-order valence-electron chi connectivity index (χ4n) is 2.45. The standard InChI is InChI=1S/C13H18O2/c1-10-4-6-11(7-5-10)13(15)9-3-8-12(13,2)14/h4-7,14-15H,3,8-9H2,1-2H3. The van der Waals surface area contributed by atoms with Crippen LogP contribution in [0.25, 0.3) is 0 Å². The summed E-state index contributed by atoms with van der Waals surface area (Å²) in [6.45, 7) is 3.74. The van der Waals surface area contributed by atoms with Gasteiger partial charge in [0.2, 0.25) is 0 Å². The van der Waals surface area contributed by atoms with Gasteiger partial charge < -0.3 is 10.2 Å². The third-order valence-corrected chi connectivity index (χ3v) is 3.62. The number of aryl methyl sites for hydroxylation is 1. The van der Waals surface area contributed by atoms with Crippen LogP contribution in [0.15, 0.2) is 24.3 Å². The lowest BCUT2D eigenvalue weighted by atomic mass is 9.81. The molecule has 0 heterocycles. The van der Waals surface area contributed by atoms with Crippen molar-refractivity contribution < 1.29 is 10.2 Å². The van der Waals surface area contributed by atoms with Crippen LogP contribution in [0.3, 0.4) is 0 Å². The van der Waals surface area contributed by atoms with Crippen LogP contribution in [-0.2, 0) is 5.60 Å². The van der Waals surface area contributed by atoms with Gasteiger partial charge in [0.25, 0.3) is 0 Å². The van der Waals surface area contributed by atoms with Gasteiger partial charge in [0.1, 0.15) is 5.60 Å². The molecular weight excluding hydrogens is 188 g/mol. The van der Waals surface area contributed by atoms with E-state index in [1.165, 1.54) is 5.56 Å². The van der Waals surface area contributed by atoms with Crippen LogP contribution < -0.4 is 0 Å². The van der Waals surface area contributed by atoms with E-state index in [-0.39, 0.29) is 0 Å². The van der Waals surface area contributed by atoms with Gasteiger partial charge in [0.05, 0.1) is 5.60 Å². The first-order chi connectivity index (χ1) is 6.96. The molecule has 82 valence electrons. The van der Waals surface area contributed by atoms with Crippen LogP contribution >= 0.6 is 0 Å². The van der Waals surface area contributed by atoms with Gasteiger partial charge in [-0.25, -0.2) is 0 Å². The van der Waals surface area contributed by atoms with Gasteiger partial charge in [0, 0.05) is 0 Å². The van der Waals surface area contributed by atoms with Gasteiger partial charge >= 0.3 is 0 Å². The predicted octanol–water partition coefficient (Wildman–Crippen LogP) is 2.12. The maximum Gasteiger partial charge on any atom is 0.118 e. The van der Waals surface area contributed by atoms with Gasteiger partial charge in [-0.05, 0) is 38.7 Å². The Balaban J connectivity index is 2.41. The zero-order valence-electron chi connectivity index (χ0n) is 9.33. The summed E-state index contributed by atoms with van der Waals surface area (Å²) in [6.07, 6.45) is 2.18. The lowest BCUT2D eigenvalue weighted by Crippen LogP contribution is -2.44. The van der Waals surface area contributed by atoms with Crippen molar-refractivity contribution >= 4 is 0 Å². The first kappa shape index (κ1) is 10.7. The number of hydrogen-bond acceptors (Lipinski definition) is 2. The highest BCUT2D eigenvalue weighted by molar-refractivity contribution is 5.30. The molecule has 0 amide bonds. The molecule has 2 rings (SSSR count). The summed E-state index contributed by atoms with van der Waals surface area (Å²) < 4.78 is 0. The molecule has 0 spiro atoms. The molecule has 2 heteroatoms. The molecule has 2 nitrogen and oxygen atoms in total. The number of aliphatic hydroxyl groups is 2. The molecule has 0 aliphatic heterocycles. The fourth-order valence-corrected chi connectivity index (χ4v) is 2.45. The Morgan fingerprint density at radius 1 is 1.07 bits per heavy atom. The molecule has 0 bridgehead atoms. The van der Waals surface area contributed by atoms with Crippen molar-refractivity contribution in [2.24, 2.45) is 0 Å². The molecule has 0 saturated heterocycles. The SMILES string of the molecule is Cc1ccc(C2(O)CCCC2(C)O)cc1. The molecule has 1 aromatic rings. The van der Waals surface area contributed by atoms with Gasteiger partial charge in [-0.15, -0.1) is 0 Å². The molecule has 2 N–H and O–H groups in total. The molecule has 0 radical (unpaired) electrons. The van der Waals surface area contributed by atoms with Crippen LogP contribution in [0.4, 0.5) is 0 Å². The summed E-state index contributed by atoms with van der Waals surface area (Å²) in [6, 6.07) is 7.77. The van der Waals surface area contributed by atoms with Gasteiger partial charge in [0.15, 0.2) is 0 Å². The lowest BCUT2D eigenvalue weighted by molar-refractivity contribution is -0.125. The van der Waals surface area contributed by atoms with E-state index >= 15 is 0 Å². The van der Waals surface area contributed by atoms with E-state index < -0.39 is 11.2 Å². The first-order valence-corrected chi connectivity index (χ1v) is 5.48. The highest BCUT2D eigenvalue weighted by atomic mass is 16.4. The Morgan fingerprint density at radius 3 is 2.13 bits per heavy atom. The number of benzene rings is 1. The average Bonchev–Trinajstić information content (AvgIpc) is 2.43. The Hall–Kier alpha value is -0.860. The Bertz CT molecular complexity index is 353. The van der Waals surface area contributed by atoms with Crippen LogP contribution in [0, 0.1) is 6.92 Å². The van der Waals surface area contributed by atoms with Crippen LogP contribution in [0.5, 0.6) is 0 Å². The lowest BCUT2D eigenvalue weighted by Gasteiger charge is -2.35. The van der Waals surface area contributed by atoms with Crippen molar-refractivity contribution in [3.05, 3.63) is 35.4 Å². The third kappa shape index (κ3) is 1.58. The highest BCUT2D eigenvalue weighted by Crippen LogP contribution is 2.46. The monoisotopic (exact) mass is 206 g/mol. The quantitative estimate of drug-likeness (QED) is 0.739. The number of rotatable bonds is 1. The molecule has 1 saturated carbocycles. The minimum absolute atomic E-state index is 0.642. The summed E-state index contributed by atoms with van der Waals surface area (Å²) in [7, 11) is 0. The second kappa shape index (κ2) is 3.32. The molecule has 1 fully saturated rings. The first-order valence-electron chi connectivity index (χ1n) is 5.48. The maximum absolute atomic E-state index is 10.5. The van der Waals surface area contributed by atoms with Crippen LogP contribution in [0.2, 0.25) is 0 Å². The molecular formula is C13H18O2. The van der Waals surface area contributed by atoms with Gasteiger partial charge in [-0.2, -0.15) is 0 Å². The third-order valence-electron chi connectivity index (χ3n) is 3.62. The average molecular weight is 206 g/mol. The largest absolute Gasteiger partial charge is 0.387 e.